The van der Waals surface area contributed by atoms with E-state index >= 15 is 0 Å². The first-order valence-electron chi connectivity index (χ1n) is 8.67. The van der Waals surface area contributed by atoms with Crippen LogP contribution in [0.1, 0.15) is 38.2 Å². The number of rotatable bonds is 5. The van der Waals surface area contributed by atoms with E-state index in [1.165, 1.54) is 35.6 Å². The summed E-state index contributed by atoms with van der Waals surface area (Å²) in [6.45, 7) is 3.48. The van der Waals surface area contributed by atoms with Gasteiger partial charge in [-0.05, 0) is 65.6 Å². The molecule has 0 aliphatic heterocycles. The minimum atomic E-state index is -1.50. The molecule has 1 aliphatic carbocycles. The molecule has 1 aromatic heterocycles. The minimum Gasteiger partial charge on any atom is -0.367 e. The van der Waals surface area contributed by atoms with Crippen molar-refractivity contribution in [2.45, 2.75) is 48.8 Å². The zero-order chi connectivity index (χ0) is 19.3. The maximum Gasteiger partial charge on any atom is 0.205 e. The molecule has 0 unspecified atom stereocenters. The van der Waals surface area contributed by atoms with Crippen molar-refractivity contribution in [1.29, 1.82) is 0 Å². The predicted octanol–water partition coefficient (Wildman–Crippen LogP) is 4.90. The highest BCUT2D eigenvalue weighted by Crippen LogP contribution is 2.47. The van der Waals surface area contributed by atoms with Gasteiger partial charge in [-0.1, -0.05) is 47.6 Å². The molecule has 2 N–H and O–H groups in total. The third-order valence-electron chi connectivity index (χ3n) is 4.81. The monoisotopic (exact) mass is 467 g/mol. The van der Waals surface area contributed by atoms with Crippen molar-refractivity contribution in [3.05, 3.63) is 45.7 Å². The predicted molar refractivity (Wildman–Crippen MR) is 112 cm³/mol. The second-order valence-corrected chi connectivity index (χ2v) is 10.0. The highest BCUT2D eigenvalue weighted by Gasteiger charge is 2.32. The maximum atomic E-state index is 9.68. The second-order valence-electron chi connectivity index (χ2n) is 7.28. The molecule has 0 spiro atoms. The van der Waals surface area contributed by atoms with E-state index in [1.54, 1.807) is 13.8 Å². The zero-order valence-electron chi connectivity index (χ0n) is 14.9. The van der Waals surface area contributed by atoms with Gasteiger partial charge in [0.15, 0.2) is 11.4 Å². The van der Waals surface area contributed by atoms with Gasteiger partial charge in [-0.15, -0.1) is 10.2 Å². The molecule has 0 amide bonds. The third-order valence-corrected chi connectivity index (χ3v) is 6.80. The Hall–Kier alpha value is -1.12. The Morgan fingerprint density at radius 3 is 2.52 bits per heavy atom. The van der Waals surface area contributed by atoms with Crippen LogP contribution in [0.3, 0.4) is 0 Å². The number of aromatic nitrogens is 3. The molecule has 1 saturated carbocycles. The Kier molecular flexibility index (Phi) is 5.01. The Bertz CT molecular complexity index is 1020. The number of aliphatic hydroxyl groups is 2. The summed E-state index contributed by atoms with van der Waals surface area (Å²) in [5, 5.41) is 31.1. The molecule has 0 radical (unpaired) electrons. The van der Waals surface area contributed by atoms with Gasteiger partial charge in [0.25, 0.3) is 0 Å². The average molecular weight is 469 g/mol. The van der Waals surface area contributed by atoms with E-state index in [0.29, 0.717) is 20.8 Å². The molecular weight excluding hydrogens is 450 g/mol. The SMILES string of the molecule is CC(C)(Sc1nnc(Br)n1-c1c(Cl)cc(C2CC2)c2ccccc12)C(O)O. The molecule has 1 heterocycles. The lowest BCUT2D eigenvalue weighted by Crippen LogP contribution is -2.32. The summed E-state index contributed by atoms with van der Waals surface area (Å²) >= 11 is 11.5. The maximum absolute atomic E-state index is 9.68. The molecule has 1 aliphatic rings. The molecule has 0 saturated heterocycles. The standard InChI is InChI=1S/C19H19BrClN3O2S/c1-19(2,16(25)26)27-18-23-22-17(20)24(18)15-12-6-4-3-5-11(12)13(9-14(15)21)10-7-8-10/h3-6,9-10,16,25-26H,7-8H2,1-2H3. The first-order valence-corrected chi connectivity index (χ1v) is 10.7. The first-order chi connectivity index (χ1) is 12.8. The molecule has 27 heavy (non-hydrogen) atoms. The summed E-state index contributed by atoms with van der Waals surface area (Å²) in [6, 6.07) is 10.2. The molecule has 3 aromatic rings. The molecule has 5 nitrogen and oxygen atoms in total. The fourth-order valence-corrected chi connectivity index (χ4v) is 4.88. The largest absolute Gasteiger partial charge is 0.367 e. The van der Waals surface area contributed by atoms with E-state index in [4.69, 9.17) is 11.6 Å². The summed E-state index contributed by atoms with van der Waals surface area (Å²) in [4.78, 5) is 0. The van der Waals surface area contributed by atoms with Gasteiger partial charge >= 0.3 is 0 Å². The van der Waals surface area contributed by atoms with Crippen LogP contribution >= 0.6 is 39.3 Å². The number of nitrogens with zero attached hydrogens (tertiary/aromatic N) is 3. The lowest BCUT2D eigenvalue weighted by Gasteiger charge is -2.25. The lowest BCUT2D eigenvalue weighted by atomic mass is 9.99. The van der Waals surface area contributed by atoms with E-state index < -0.39 is 11.0 Å². The molecular formula is C19H19BrClN3O2S. The number of hydrogen-bond donors (Lipinski definition) is 2. The van der Waals surface area contributed by atoms with E-state index in [2.05, 4.69) is 38.3 Å². The summed E-state index contributed by atoms with van der Waals surface area (Å²) in [6.07, 6.45) is 0.884. The van der Waals surface area contributed by atoms with Crippen LogP contribution < -0.4 is 0 Å². The van der Waals surface area contributed by atoms with E-state index in [1.807, 2.05) is 22.8 Å². The average Bonchev–Trinajstić information content (AvgIpc) is 3.40. The normalized spacial score (nSPS) is 15.1. The smallest absolute Gasteiger partial charge is 0.205 e. The number of aliphatic hydroxyl groups excluding tert-OH is 1. The van der Waals surface area contributed by atoms with E-state index in [0.717, 1.165) is 11.1 Å². The number of fused-ring (bicyclic) bond motifs is 1. The van der Waals surface area contributed by atoms with Crippen LogP contribution in [0.2, 0.25) is 5.02 Å². The Balaban J connectivity index is 1.93. The fourth-order valence-electron chi connectivity index (χ4n) is 3.11. The zero-order valence-corrected chi connectivity index (χ0v) is 18.0. The molecule has 142 valence electrons. The van der Waals surface area contributed by atoms with Crippen LogP contribution in [0.5, 0.6) is 0 Å². The van der Waals surface area contributed by atoms with Crippen LogP contribution in [0.25, 0.3) is 16.5 Å². The van der Waals surface area contributed by atoms with Gasteiger partial charge in [-0.2, -0.15) is 0 Å². The van der Waals surface area contributed by atoms with Gasteiger partial charge in [0.05, 0.1) is 15.5 Å². The van der Waals surface area contributed by atoms with E-state index in [-0.39, 0.29) is 0 Å². The molecule has 0 bridgehead atoms. The van der Waals surface area contributed by atoms with Crippen molar-refractivity contribution in [3.63, 3.8) is 0 Å². The van der Waals surface area contributed by atoms with Crippen LogP contribution in [0.4, 0.5) is 0 Å². The first kappa shape index (κ1) is 19.2. The quantitative estimate of drug-likeness (QED) is 0.412. The van der Waals surface area contributed by atoms with E-state index in [9.17, 15) is 10.2 Å². The molecule has 2 aromatic carbocycles. The second kappa shape index (κ2) is 7.04. The lowest BCUT2D eigenvalue weighted by molar-refractivity contribution is -0.0606. The molecule has 1 fully saturated rings. The summed E-state index contributed by atoms with van der Waals surface area (Å²) in [5.41, 5.74) is 2.07. The van der Waals surface area contributed by atoms with Gasteiger partial charge in [0, 0.05) is 5.39 Å². The van der Waals surface area contributed by atoms with Crippen molar-refractivity contribution in [1.82, 2.24) is 14.8 Å². The van der Waals surface area contributed by atoms with Gasteiger partial charge in [-0.3, -0.25) is 4.57 Å². The van der Waals surface area contributed by atoms with Gasteiger partial charge in [0.1, 0.15) is 0 Å². The van der Waals surface area contributed by atoms with Crippen molar-refractivity contribution < 1.29 is 10.2 Å². The molecule has 8 heteroatoms. The summed E-state index contributed by atoms with van der Waals surface area (Å²) < 4.78 is 1.48. The van der Waals surface area contributed by atoms with Crippen LogP contribution in [0.15, 0.2) is 40.2 Å². The van der Waals surface area contributed by atoms with Crippen LogP contribution in [0, 0.1) is 0 Å². The number of hydrogen-bond acceptors (Lipinski definition) is 5. The molecule has 4 rings (SSSR count). The summed E-state index contributed by atoms with van der Waals surface area (Å²) in [7, 11) is 0. The Morgan fingerprint density at radius 2 is 1.89 bits per heavy atom. The Morgan fingerprint density at radius 1 is 1.22 bits per heavy atom. The Labute approximate surface area is 174 Å². The van der Waals surface area contributed by atoms with Crippen molar-refractivity contribution in [2.75, 3.05) is 0 Å². The van der Waals surface area contributed by atoms with Crippen LogP contribution in [-0.2, 0) is 0 Å². The topological polar surface area (TPSA) is 71.2 Å². The summed E-state index contributed by atoms with van der Waals surface area (Å²) in [5.74, 6) is 0.572. The van der Waals surface area contributed by atoms with Crippen molar-refractivity contribution in [2.24, 2.45) is 0 Å². The van der Waals surface area contributed by atoms with Gasteiger partial charge in [-0.25, -0.2) is 0 Å². The van der Waals surface area contributed by atoms with Crippen molar-refractivity contribution >= 4 is 50.1 Å². The fraction of sp³-hybridized carbons (Fsp3) is 0.368. The van der Waals surface area contributed by atoms with Gasteiger partial charge < -0.3 is 10.2 Å². The number of thioether (sulfide) groups is 1. The highest BCUT2D eigenvalue weighted by molar-refractivity contribution is 9.10. The number of halogens is 2. The number of benzene rings is 2. The highest BCUT2D eigenvalue weighted by atomic mass is 79.9. The minimum absolute atomic E-state index is 0.513. The van der Waals surface area contributed by atoms with Crippen molar-refractivity contribution in [3.8, 4) is 5.69 Å². The van der Waals surface area contributed by atoms with Gasteiger partial charge in [0.2, 0.25) is 4.73 Å². The van der Waals surface area contributed by atoms with Crippen LogP contribution in [-0.4, -0.2) is 36.0 Å². The third kappa shape index (κ3) is 3.51. The molecule has 0 atom stereocenters.